The summed E-state index contributed by atoms with van der Waals surface area (Å²) < 4.78 is 9.20. The van der Waals surface area contributed by atoms with Crippen LogP contribution in [0, 0.1) is 11.3 Å². The van der Waals surface area contributed by atoms with Gasteiger partial charge in [0.25, 0.3) is 5.84 Å². The number of carbonyl (C=O) groups is 1. The molecule has 218 valence electrons. The second kappa shape index (κ2) is 11.2. The number of likely N-dealkylation sites (N-methyl/N-ethyl adjacent to an activating group) is 1. The second-order valence-corrected chi connectivity index (χ2v) is 14.9. The number of hydrogen-bond donors (Lipinski definition) is 2. The number of fused-ring (bicyclic) bond motifs is 1. The summed E-state index contributed by atoms with van der Waals surface area (Å²) in [6, 6.07) is 14.4. The van der Waals surface area contributed by atoms with Gasteiger partial charge < -0.3 is 9.30 Å². The Balaban J connectivity index is 1.31. The summed E-state index contributed by atoms with van der Waals surface area (Å²) in [4.78, 5) is 19.8. The number of thioether (sulfide) groups is 1. The highest BCUT2D eigenvalue weighted by atomic mass is 32.2. The Bertz CT molecular complexity index is 1520. The van der Waals surface area contributed by atoms with Crippen molar-refractivity contribution in [2.24, 2.45) is 11.3 Å². The first kappa shape index (κ1) is 29.2. The third-order valence-corrected chi connectivity index (χ3v) is 8.86. The van der Waals surface area contributed by atoms with Crippen LogP contribution in [0.4, 0.5) is 0 Å². The minimum absolute atomic E-state index is 0.0456. The zero-order valence-electron chi connectivity index (χ0n) is 25.7. The lowest BCUT2D eigenvalue weighted by molar-refractivity contribution is -0.492. The number of nitrogens with one attached hydrogen (secondary N) is 2. The number of nitrogens with zero attached hydrogens (tertiary/aromatic N) is 3. The van der Waals surface area contributed by atoms with Crippen molar-refractivity contribution in [3.05, 3.63) is 65.2 Å². The molecule has 8 heteroatoms. The van der Waals surface area contributed by atoms with Crippen molar-refractivity contribution in [1.82, 2.24) is 20.2 Å². The summed E-state index contributed by atoms with van der Waals surface area (Å²) in [5.74, 6) is 4.39. The van der Waals surface area contributed by atoms with E-state index in [0.717, 1.165) is 57.8 Å². The van der Waals surface area contributed by atoms with Gasteiger partial charge in [-0.3, -0.25) is 14.7 Å². The van der Waals surface area contributed by atoms with Gasteiger partial charge in [0, 0.05) is 23.4 Å². The van der Waals surface area contributed by atoms with E-state index in [1.807, 2.05) is 52.1 Å². The van der Waals surface area contributed by atoms with Crippen molar-refractivity contribution in [2.75, 3.05) is 20.7 Å². The van der Waals surface area contributed by atoms with Gasteiger partial charge in [-0.15, -0.1) is 11.8 Å². The number of ether oxygens (including phenoxy) is 1. The Kier molecular flexibility index (Phi) is 7.99. The van der Waals surface area contributed by atoms with Crippen LogP contribution in [0.5, 0.6) is 5.75 Å². The normalized spacial score (nSPS) is 16.3. The number of methoxy groups -OCH3 is 1. The Labute approximate surface area is 248 Å². The summed E-state index contributed by atoms with van der Waals surface area (Å²) >= 11 is 1.57. The topological polar surface area (TPSA) is 71.2 Å². The van der Waals surface area contributed by atoms with E-state index in [4.69, 9.17) is 9.72 Å². The van der Waals surface area contributed by atoms with E-state index in [1.54, 1.807) is 18.9 Å². The molecule has 0 bridgehead atoms. The van der Waals surface area contributed by atoms with Crippen LogP contribution in [0.3, 0.4) is 0 Å². The van der Waals surface area contributed by atoms with E-state index >= 15 is 0 Å². The molecule has 2 aliphatic rings. The molecule has 0 radical (unpaired) electrons. The SMILES string of the molecule is COc1ccc(C2=[N+](C)CC(C)=C(NC(=O)C(C)(C)Sc3ccc4c(c3)nc(CC(C)(C)C)n4CC3CC3)N2)cc1. The van der Waals surface area contributed by atoms with Crippen molar-refractivity contribution >= 4 is 34.5 Å². The van der Waals surface area contributed by atoms with E-state index in [1.165, 1.54) is 24.2 Å². The molecule has 1 aliphatic carbocycles. The second-order valence-electron chi connectivity index (χ2n) is 13.2. The molecule has 0 spiro atoms. The highest BCUT2D eigenvalue weighted by Gasteiger charge is 2.33. The molecule has 1 saturated carbocycles. The Morgan fingerprint density at radius 1 is 1.15 bits per heavy atom. The average molecular weight is 575 g/mol. The molecule has 0 atom stereocenters. The van der Waals surface area contributed by atoms with Gasteiger partial charge in [0.15, 0.2) is 0 Å². The average Bonchev–Trinajstić information content (AvgIpc) is 3.66. The lowest BCUT2D eigenvalue weighted by atomic mass is 9.92. The van der Waals surface area contributed by atoms with Crippen molar-refractivity contribution in [2.45, 2.75) is 77.0 Å². The fourth-order valence-electron chi connectivity index (χ4n) is 5.21. The largest absolute Gasteiger partial charge is 0.497 e. The molecule has 3 aromatic rings. The third kappa shape index (κ3) is 6.80. The van der Waals surface area contributed by atoms with Crippen LogP contribution < -0.4 is 15.4 Å². The van der Waals surface area contributed by atoms with Crippen LogP contribution in [0.25, 0.3) is 11.0 Å². The molecule has 0 unspecified atom stereocenters. The number of benzene rings is 2. The van der Waals surface area contributed by atoms with Gasteiger partial charge in [0.05, 0.1) is 35.5 Å². The molecule has 2 heterocycles. The van der Waals surface area contributed by atoms with E-state index in [0.29, 0.717) is 6.54 Å². The van der Waals surface area contributed by atoms with Crippen LogP contribution in [-0.2, 0) is 17.8 Å². The molecule has 2 N–H and O–H groups in total. The zero-order chi connectivity index (χ0) is 29.5. The van der Waals surface area contributed by atoms with Gasteiger partial charge in [-0.1, -0.05) is 20.8 Å². The van der Waals surface area contributed by atoms with Crippen LogP contribution >= 0.6 is 11.8 Å². The Morgan fingerprint density at radius 2 is 1.85 bits per heavy atom. The van der Waals surface area contributed by atoms with Crippen molar-refractivity contribution in [3.8, 4) is 5.75 Å². The van der Waals surface area contributed by atoms with E-state index in [2.05, 4.69) is 58.7 Å². The van der Waals surface area contributed by atoms with Crippen molar-refractivity contribution < 1.29 is 14.1 Å². The predicted molar refractivity (Wildman–Crippen MR) is 168 cm³/mol. The third-order valence-electron chi connectivity index (χ3n) is 7.67. The summed E-state index contributed by atoms with van der Waals surface area (Å²) in [6.45, 7) is 14.6. The van der Waals surface area contributed by atoms with Gasteiger partial charge in [-0.25, -0.2) is 10.3 Å². The number of rotatable bonds is 9. The van der Waals surface area contributed by atoms with Crippen LogP contribution in [0.2, 0.25) is 0 Å². The van der Waals surface area contributed by atoms with Crippen molar-refractivity contribution in [3.63, 3.8) is 0 Å². The number of carbonyl (C=O) groups excluding carboxylic acids is 1. The van der Waals surface area contributed by atoms with E-state index < -0.39 is 4.75 Å². The number of aromatic nitrogens is 2. The zero-order valence-corrected chi connectivity index (χ0v) is 26.5. The molecule has 2 aromatic carbocycles. The first-order chi connectivity index (χ1) is 19.3. The number of amides is 1. The van der Waals surface area contributed by atoms with E-state index in [9.17, 15) is 4.79 Å². The van der Waals surface area contributed by atoms with Gasteiger partial charge in [0.1, 0.15) is 18.1 Å². The van der Waals surface area contributed by atoms with Gasteiger partial charge in [0.2, 0.25) is 11.7 Å². The highest BCUT2D eigenvalue weighted by Crippen LogP contribution is 2.37. The smallest absolute Gasteiger partial charge is 0.283 e. The predicted octanol–water partition coefficient (Wildman–Crippen LogP) is 5.95. The van der Waals surface area contributed by atoms with Crippen LogP contribution in [0.15, 0.2) is 58.8 Å². The first-order valence-corrected chi connectivity index (χ1v) is 15.3. The molecular formula is C33H44N5O2S+. The van der Waals surface area contributed by atoms with Gasteiger partial charge in [-0.2, -0.15) is 0 Å². The quantitative estimate of drug-likeness (QED) is 0.244. The van der Waals surface area contributed by atoms with Gasteiger partial charge in [-0.05, 0) is 87.4 Å². The lowest BCUT2D eigenvalue weighted by Crippen LogP contribution is -2.48. The fourth-order valence-corrected chi connectivity index (χ4v) is 6.25. The van der Waals surface area contributed by atoms with Crippen LogP contribution in [0.1, 0.15) is 65.8 Å². The number of amidine groups is 1. The number of imidazole rings is 1. The molecule has 1 aliphatic heterocycles. The minimum Gasteiger partial charge on any atom is -0.497 e. The maximum absolute atomic E-state index is 13.6. The molecule has 7 nitrogen and oxygen atoms in total. The molecule has 1 amide bonds. The molecule has 1 aromatic heterocycles. The highest BCUT2D eigenvalue weighted by molar-refractivity contribution is 8.01. The maximum atomic E-state index is 13.6. The van der Waals surface area contributed by atoms with Crippen molar-refractivity contribution in [1.29, 1.82) is 0 Å². The van der Waals surface area contributed by atoms with Crippen LogP contribution in [-0.4, -0.2) is 51.3 Å². The molecule has 1 fully saturated rings. The Hall–Kier alpha value is -3.26. The standard InChI is InChI=1S/C33H43N5O2S/c1-21-19-37(7)30(23-11-13-24(40-8)14-12-23)35-29(21)36-31(39)33(5,6)41-25-15-16-27-26(17-25)34-28(18-32(2,3)4)38(27)20-22-9-10-22/h11-17,22H,9-10,18-20H2,1-8H3,(H,36,39)/p+1. The summed E-state index contributed by atoms with van der Waals surface area (Å²) in [5.41, 5.74) is 4.48. The Morgan fingerprint density at radius 3 is 2.49 bits per heavy atom. The first-order valence-electron chi connectivity index (χ1n) is 14.5. The molecule has 5 rings (SSSR count). The summed E-state index contributed by atoms with van der Waals surface area (Å²) in [7, 11) is 3.71. The molecule has 41 heavy (non-hydrogen) atoms. The van der Waals surface area contributed by atoms with E-state index in [-0.39, 0.29) is 11.3 Å². The van der Waals surface area contributed by atoms with Gasteiger partial charge >= 0.3 is 0 Å². The molecular weight excluding hydrogens is 530 g/mol. The number of hydrogen-bond acceptors (Lipinski definition) is 5. The molecule has 0 saturated heterocycles. The maximum Gasteiger partial charge on any atom is 0.283 e. The lowest BCUT2D eigenvalue weighted by Gasteiger charge is -2.25. The summed E-state index contributed by atoms with van der Waals surface area (Å²) in [6.07, 6.45) is 3.56. The fraction of sp³-hybridized carbons (Fsp3) is 0.485. The summed E-state index contributed by atoms with van der Waals surface area (Å²) in [5, 5.41) is 6.67. The monoisotopic (exact) mass is 574 g/mol. The minimum atomic E-state index is -0.697.